The molecule has 0 bridgehead atoms. The smallest absolute Gasteiger partial charge is 0.143 e. The lowest BCUT2D eigenvalue weighted by molar-refractivity contribution is 0.624. The lowest BCUT2D eigenvalue weighted by atomic mass is 10.1. The fraction of sp³-hybridized carbons (Fsp3) is 0.188. The Morgan fingerprint density at radius 1 is 1.16 bits per heavy atom. The topological polar surface area (TPSA) is 35.8 Å². The summed E-state index contributed by atoms with van der Waals surface area (Å²) < 4.78 is 13.5. The lowest BCUT2D eigenvalue weighted by Gasteiger charge is -2.06. The largest absolute Gasteiger partial charge is 0.382 e. The van der Waals surface area contributed by atoms with Crippen LogP contribution in [0.1, 0.15) is 23.5 Å². The predicted molar refractivity (Wildman–Crippen MR) is 72.3 cm³/mol. The van der Waals surface area contributed by atoms with Crippen LogP contribution in [-0.2, 0) is 0 Å². The minimum atomic E-state index is -0.468. The van der Waals surface area contributed by atoms with E-state index in [9.17, 15) is 4.39 Å². The minimum absolute atomic E-state index is 0.0842. The molecular weight excluding hydrogens is 239 g/mol. The first-order chi connectivity index (χ1) is 9.28. The molecule has 0 saturated heterocycles. The molecule has 3 heteroatoms. The molecule has 1 N–H and O–H groups in total. The van der Waals surface area contributed by atoms with Gasteiger partial charge in [-0.3, -0.25) is 0 Å². The Morgan fingerprint density at radius 2 is 1.95 bits per heavy atom. The van der Waals surface area contributed by atoms with Crippen molar-refractivity contribution in [3.05, 3.63) is 65.5 Å². The third-order valence-electron chi connectivity index (χ3n) is 3.46. The molecule has 2 aromatic rings. The summed E-state index contributed by atoms with van der Waals surface area (Å²) in [5.41, 5.74) is 2.13. The van der Waals surface area contributed by atoms with E-state index in [2.05, 4.69) is 17.4 Å². The standard InChI is InChI=1S/C16H13FN2/c17-15-8-13(7-6-12(15)10-18)19-16-9-14(16)11-4-2-1-3-5-11/h1-8,14,16,19H,9H2. The molecule has 1 saturated carbocycles. The van der Waals surface area contributed by atoms with Crippen molar-refractivity contribution in [3.63, 3.8) is 0 Å². The number of hydrogen-bond donors (Lipinski definition) is 1. The third-order valence-corrected chi connectivity index (χ3v) is 3.46. The summed E-state index contributed by atoms with van der Waals surface area (Å²) in [6.07, 6.45) is 1.06. The first-order valence-electron chi connectivity index (χ1n) is 6.29. The van der Waals surface area contributed by atoms with Gasteiger partial charge in [0.1, 0.15) is 11.9 Å². The Balaban J connectivity index is 1.68. The van der Waals surface area contributed by atoms with Crippen LogP contribution in [0, 0.1) is 17.1 Å². The van der Waals surface area contributed by atoms with E-state index in [0.29, 0.717) is 12.0 Å². The van der Waals surface area contributed by atoms with Crippen molar-refractivity contribution in [1.82, 2.24) is 0 Å². The summed E-state index contributed by atoms with van der Waals surface area (Å²) in [6, 6.07) is 17.1. The zero-order chi connectivity index (χ0) is 13.2. The number of rotatable bonds is 3. The minimum Gasteiger partial charge on any atom is -0.382 e. The molecule has 0 heterocycles. The molecule has 0 spiro atoms. The van der Waals surface area contributed by atoms with Gasteiger partial charge in [0.25, 0.3) is 0 Å². The Labute approximate surface area is 111 Å². The summed E-state index contributed by atoms with van der Waals surface area (Å²) in [5.74, 6) is 0.0318. The summed E-state index contributed by atoms with van der Waals surface area (Å²) in [7, 11) is 0. The molecule has 2 atom stereocenters. The van der Waals surface area contributed by atoms with Crippen LogP contribution in [0.25, 0.3) is 0 Å². The molecule has 0 amide bonds. The quantitative estimate of drug-likeness (QED) is 0.904. The number of benzene rings is 2. The van der Waals surface area contributed by atoms with Gasteiger partial charge in [-0.25, -0.2) is 4.39 Å². The van der Waals surface area contributed by atoms with Crippen LogP contribution >= 0.6 is 0 Å². The van der Waals surface area contributed by atoms with Gasteiger partial charge in [-0.1, -0.05) is 30.3 Å². The van der Waals surface area contributed by atoms with E-state index in [4.69, 9.17) is 5.26 Å². The second-order valence-electron chi connectivity index (χ2n) is 4.81. The van der Waals surface area contributed by atoms with Crippen LogP contribution in [0.3, 0.4) is 0 Å². The molecule has 2 nitrogen and oxygen atoms in total. The van der Waals surface area contributed by atoms with Gasteiger partial charge in [0, 0.05) is 17.6 Å². The monoisotopic (exact) mass is 252 g/mol. The molecule has 0 aliphatic heterocycles. The van der Waals surface area contributed by atoms with Gasteiger partial charge in [0.05, 0.1) is 5.56 Å². The van der Waals surface area contributed by atoms with E-state index >= 15 is 0 Å². The van der Waals surface area contributed by atoms with Crippen LogP contribution in [0.15, 0.2) is 48.5 Å². The molecule has 0 radical (unpaired) electrons. The second kappa shape index (κ2) is 4.74. The van der Waals surface area contributed by atoms with Crippen molar-refractivity contribution in [3.8, 4) is 6.07 Å². The Kier molecular flexibility index (Phi) is 2.92. The molecule has 1 aliphatic carbocycles. The lowest BCUT2D eigenvalue weighted by Crippen LogP contribution is -2.04. The maximum atomic E-state index is 13.5. The Hall–Kier alpha value is -2.34. The van der Waals surface area contributed by atoms with Gasteiger partial charge in [0.2, 0.25) is 0 Å². The van der Waals surface area contributed by atoms with Gasteiger partial charge < -0.3 is 5.32 Å². The van der Waals surface area contributed by atoms with Crippen molar-refractivity contribution in [2.45, 2.75) is 18.4 Å². The van der Waals surface area contributed by atoms with Crippen LogP contribution in [-0.4, -0.2) is 6.04 Å². The molecular formula is C16H13FN2. The van der Waals surface area contributed by atoms with E-state index in [0.717, 1.165) is 12.1 Å². The summed E-state index contributed by atoms with van der Waals surface area (Å²) in [4.78, 5) is 0. The highest BCUT2D eigenvalue weighted by atomic mass is 19.1. The number of hydrogen-bond acceptors (Lipinski definition) is 2. The first-order valence-corrected chi connectivity index (χ1v) is 6.29. The average molecular weight is 252 g/mol. The van der Waals surface area contributed by atoms with E-state index in [-0.39, 0.29) is 5.56 Å². The molecule has 2 aromatic carbocycles. The third kappa shape index (κ3) is 2.43. The van der Waals surface area contributed by atoms with Crippen LogP contribution in [0.4, 0.5) is 10.1 Å². The van der Waals surface area contributed by atoms with E-state index < -0.39 is 5.82 Å². The fourth-order valence-electron chi connectivity index (χ4n) is 2.33. The van der Waals surface area contributed by atoms with Crippen LogP contribution in [0.2, 0.25) is 0 Å². The SMILES string of the molecule is N#Cc1ccc(NC2CC2c2ccccc2)cc1F. The maximum Gasteiger partial charge on any atom is 0.143 e. The van der Waals surface area contributed by atoms with Crippen LogP contribution < -0.4 is 5.32 Å². The van der Waals surface area contributed by atoms with E-state index in [1.807, 2.05) is 24.3 Å². The fourth-order valence-corrected chi connectivity index (χ4v) is 2.33. The molecule has 2 unspecified atom stereocenters. The molecule has 94 valence electrons. The Bertz CT molecular complexity index is 631. The second-order valence-corrected chi connectivity index (χ2v) is 4.81. The van der Waals surface area contributed by atoms with Gasteiger partial charge in [0.15, 0.2) is 0 Å². The van der Waals surface area contributed by atoms with Gasteiger partial charge in [-0.15, -0.1) is 0 Å². The summed E-state index contributed by atoms with van der Waals surface area (Å²) in [5, 5.41) is 12.0. The number of anilines is 1. The molecule has 0 aromatic heterocycles. The highest BCUT2D eigenvalue weighted by Gasteiger charge is 2.38. The van der Waals surface area contributed by atoms with Gasteiger partial charge in [-0.05, 0) is 30.2 Å². The molecule has 3 rings (SSSR count). The van der Waals surface area contributed by atoms with E-state index in [1.54, 1.807) is 6.07 Å². The van der Waals surface area contributed by atoms with E-state index in [1.165, 1.54) is 17.7 Å². The average Bonchev–Trinajstić information content (AvgIpc) is 3.19. The maximum absolute atomic E-state index is 13.5. The summed E-state index contributed by atoms with van der Waals surface area (Å²) in [6.45, 7) is 0. The van der Waals surface area contributed by atoms with Crippen molar-refractivity contribution in [2.75, 3.05) is 5.32 Å². The van der Waals surface area contributed by atoms with Gasteiger partial charge in [-0.2, -0.15) is 5.26 Å². The Morgan fingerprint density at radius 3 is 2.63 bits per heavy atom. The molecule has 1 aliphatic rings. The van der Waals surface area contributed by atoms with Crippen molar-refractivity contribution in [1.29, 1.82) is 5.26 Å². The highest BCUT2D eigenvalue weighted by molar-refractivity contribution is 5.51. The zero-order valence-electron chi connectivity index (χ0n) is 10.3. The molecule has 19 heavy (non-hydrogen) atoms. The number of nitrogens with zero attached hydrogens (tertiary/aromatic N) is 1. The number of halogens is 1. The molecule has 1 fully saturated rings. The predicted octanol–water partition coefficient (Wildman–Crippen LogP) is 3.67. The first kappa shape index (κ1) is 11.7. The van der Waals surface area contributed by atoms with Crippen LogP contribution in [0.5, 0.6) is 0 Å². The van der Waals surface area contributed by atoms with Crippen molar-refractivity contribution < 1.29 is 4.39 Å². The number of nitriles is 1. The van der Waals surface area contributed by atoms with Crippen molar-refractivity contribution >= 4 is 5.69 Å². The normalized spacial score (nSPS) is 20.6. The summed E-state index contributed by atoms with van der Waals surface area (Å²) >= 11 is 0. The zero-order valence-corrected chi connectivity index (χ0v) is 10.3. The number of nitrogens with one attached hydrogen (secondary N) is 1. The highest BCUT2D eigenvalue weighted by Crippen LogP contribution is 2.42. The van der Waals surface area contributed by atoms with Gasteiger partial charge >= 0.3 is 0 Å². The van der Waals surface area contributed by atoms with Crippen molar-refractivity contribution in [2.24, 2.45) is 0 Å².